The van der Waals surface area contributed by atoms with E-state index in [0.717, 1.165) is 11.4 Å². The van der Waals surface area contributed by atoms with Gasteiger partial charge in [0.15, 0.2) is 5.69 Å². The molecule has 0 aliphatic rings. The minimum atomic E-state index is -0.980. The molecule has 0 spiro atoms. The number of likely N-dealkylation sites (N-methyl/N-ethyl adjacent to an activating group) is 1. The lowest BCUT2D eigenvalue weighted by molar-refractivity contribution is 0.0691. The fraction of sp³-hybridized carbons (Fsp3) is 0.231. The van der Waals surface area contributed by atoms with Crippen molar-refractivity contribution in [1.29, 1.82) is 0 Å². The maximum Gasteiger partial charge on any atom is 0.355 e. The number of rotatable bonds is 5. The van der Waals surface area contributed by atoms with E-state index in [9.17, 15) is 4.79 Å². The Morgan fingerprint density at radius 1 is 1.44 bits per heavy atom. The average Bonchev–Trinajstić information content (AvgIpc) is 2.87. The third kappa shape index (κ3) is 2.94. The van der Waals surface area contributed by atoms with Crippen molar-refractivity contribution in [2.24, 2.45) is 0 Å². The van der Waals surface area contributed by atoms with Crippen LogP contribution >= 0.6 is 11.3 Å². The van der Waals surface area contributed by atoms with E-state index in [1.807, 2.05) is 25.2 Å². The number of carboxylic acid groups (broad SMARTS) is 1. The van der Waals surface area contributed by atoms with E-state index in [4.69, 9.17) is 5.11 Å². The van der Waals surface area contributed by atoms with Crippen molar-refractivity contribution < 1.29 is 9.90 Å². The first-order valence-electron chi connectivity index (χ1n) is 5.60. The molecule has 1 atom stereocenters. The van der Waals surface area contributed by atoms with Crippen molar-refractivity contribution in [2.75, 3.05) is 7.05 Å². The Balaban J connectivity index is 2.15. The predicted octanol–water partition coefficient (Wildman–Crippen LogP) is 2.34. The molecule has 2 N–H and O–H groups in total. The van der Waals surface area contributed by atoms with Crippen molar-refractivity contribution >= 4 is 17.3 Å². The Morgan fingerprint density at radius 3 is 2.72 bits per heavy atom. The molecule has 18 heavy (non-hydrogen) atoms. The molecule has 0 bridgehead atoms. The summed E-state index contributed by atoms with van der Waals surface area (Å²) >= 11 is 1.38. The van der Waals surface area contributed by atoms with Crippen molar-refractivity contribution in [3.63, 3.8) is 0 Å². The zero-order chi connectivity index (χ0) is 13.0. The fourth-order valence-corrected chi connectivity index (χ4v) is 2.61. The standard InChI is InChI=1S/C13H14N2O2S/c1-14-10(7-9-5-3-2-4-6-9)12-15-11(8-18-12)13(16)17/h2-6,8,10,14H,7H2,1H3,(H,16,17). The van der Waals surface area contributed by atoms with Crippen LogP contribution in [0.3, 0.4) is 0 Å². The zero-order valence-corrected chi connectivity index (χ0v) is 10.8. The summed E-state index contributed by atoms with van der Waals surface area (Å²) in [6.07, 6.45) is 0.796. The summed E-state index contributed by atoms with van der Waals surface area (Å²) in [5.41, 5.74) is 1.31. The Hall–Kier alpha value is -1.72. The smallest absolute Gasteiger partial charge is 0.355 e. The van der Waals surface area contributed by atoms with Gasteiger partial charge in [0.25, 0.3) is 0 Å². The van der Waals surface area contributed by atoms with Gasteiger partial charge in [-0.15, -0.1) is 11.3 Å². The first-order chi connectivity index (χ1) is 8.70. The number of carboxylic acids is 1. The number of carbonyl (C=O) groups is 1. The van der Waals surface area contributed by atoms with Gasteiger partial charge in [-0.3, -0.25) is 0 Å². The summed E-state index contributed by atoms with van der Waals surface area (Å²) in [5.74, 6) is -0.980. The molecule has 1 aromatic heterocycles. The summed E-state index contributed by atoms with van der Waals surface area (Å²) < 4.78 is 0. The van der Waals surface area contributed by atoms with Gasteiger partial charge >= 0.3 is 5.97 Å². The normalized spacial score (nSPS) is 12.3. The molecule has 2 aromatic rings. The number of nitrogens with zero attached hydrogens (tertiary/aromatic N) is 1. The van der Waals surface area contributed by atoms with Gasteiger partial charge in [0.2, 0.25) is 0 Å². The molecule has 0 fully saturated rings. The van der Waals surface area contributed by atoms with Crippen LogP contribution in [-0.2, 0) is 6.42 Å². The number of hydrogen-bond acceptors (Lipinski definition) is 4. The summed E-state index contributed by atoms with van der Waals surface area (Å²) in [6, 6.07) is 10.1. The highest BCUT2D eigenvalue weighted by atomic mass is 32.1. The van der Waals surface area contributed by atoms with Crippen molar-refractivity contribution in [3.8, 4) is 0 Å². The van der Waals surface area contributed by atoms with Crippen LogP contribution in [0.4, 0.5) is 0 Å². The van der Waals surface area contributed by atoms with Gasteiger partial charge in [0.05, 0.1) is 6.04 Å². The van der Waals surface area contributed by atoms with Gasteiger partial charge in [-0.25, -0.2) is 9.78 Å². The average molecular weight is 262 g/mol. The maximum absolute atomic E-state index is 10.8. The Bertz CT molecular complexity index is 525. The number of aromatic nitrogens is 1. The molecular weight excluding hydrogens is 248 g/mol. The first kappa shape index (κ1) is 12.7. The van der Waals surface area contributed by atoms with Crippen molar-refractivity contribution in [1.82, 2.24) is 10.3 Å². The summed E-state index contributed by atoms with van der Waals surface area (Å²) in [5, 5.41) is 14.4. The van der Waals surface area contributed by atoms with Crippen LogP contribution in [0.2, 0.25) is 0 Å². The van der Waals surface area contributed by atoms with Gasteiger partial charge < -0.3 is 10.4 Å². The van der Waals surface area contributed by atoms with Crippen LogP contribution < -0.4 is 5.32 Å². The summed E-state index contributed by atoms with van der Waals surface area (Å²) in [7, 11) is 1.86. The number of thiazole rings is 1. The van der Waals surface area contributed by atoms with E-state index in [0.29, 0.717) is 0 Å². The van der Waals surface area contributed by atoms with E-state index in [2.05, 4.69) is 22.4 Å². The van der Waals surface area contributed by atoms with Crippen LogP contribution in [0.25, 0.3) is 0 Å². The van der Waals surface area contributed by atoms with E-state index in [1.165, 1.54) is 16.9 Å². The second-order valence-corrected chi connectivity index (χ2v) is 4.80. The fourth-order valence-electron chi connectivity index (χ4n) is 1.71. The lowest BCUT2D eigenvalue weighted by Crippen LogP contribution is -2.18. The molecule has 1 unspecified atom stereocenters. The Kier molecular flexibility index (Phi) is 4.07. The summed E-state index contributed by atoms with van der Waals surface area (Å²) in [6.45, 7) is 0. The minimum Gasteiger partial charge on any atom is -0.476 e. The van der Waals surface area contributed by atoms with Crippen molar-refractivity contribution in [3.05, 3.63) is 52.0 Å². The molecule has 0 saturated heterocycles. The minimum absolute atomic E-state index is 0.0468. The quantitative estimate of drug-likeness (QED) is 0.868. The molecule has 2 rings (SSSR count). The lowest BCUT2D eigenvalue weighted by Gasteiger charge is -2.13. The van der Waals surface area contributed by atoms with Gasteiger partial charge in [0, 0.05) is 5.38 Å². The Morgan fingerprint density at radius 2 is 2.17 bits per heavy atom. The summed E-state index contributed by atoms with van der Waals surface area (Å²) in [4.78, 5) is 14.9. The maximum atomic E-state index is 10.8. The van der Waals surface area contributed by atoms with Gasteiger partial charge in [-0.2, -0.15) is 0 Å². The number of aromatic carboxylic acids is 1. The number of benzene rings is 1. The molecule has 0 saturated carbocycles. The molecule has 0 amide bonds. The molecule has 0 radical (unpaired) electrons. The van der Waals surface area contributed by atoms with E-state index >= 15 is 0 Å². The number of nitrogens with one attached hydrogen (secondary N) is 1. The third-order valence-corrected chi connectivity index (χ3v) is 3.63. The SMILES string of the molecule is CNC(Cc1ccccc1)c1nc(C(=O)O)cs1. The second-order valence-electron chi connectivity index (χ2n) is 3.91. The predicted molar refractivity (Wildman–Crippen MR) is 71.0 cm³/mol. The molecule has 5 heteroatoms. The first-order valence-corrected chi connectivity index (χ1v) is 6.48. The molecule has 1 heterocycles. The van der Waals surface area contributed by atoms with Gasteiger partial charge in [0.1, 0.15) is 5.01 Å². The van der Waals surface area contributed by atoms with Crippen molar-refractivity contribution in [2.45, 2.75) is 12.5 Å². The van der Waals surface area contributed by atoms with Crippen LogP contribution in [0.5, 0.6) is 0 Å². The molecule has 94 valence electrons. The highest BCUT2D eigenvalue weighted by Crippen LogP contribution is 2.21. The van der Waals surface area contributed by atoms with Crippen LogP contribution in [0.1, 0.15) is 27.1 Å². The molecule has 0 aliphatic carbocycles. The highest BCUT2D eigenvalue weighted by molar-refractivity contribution is 7.09. The highest BCUT2D eigenvalue weighted by Gasteiger charge is 2.16. The Labute approximate surface area is 109 Å². The van der Waals surface area contributed by atoms with Gasteiger partial charge in [-0.05, 0) is 19.0 Å². The van der Waals surface area contributed by atoms with Gasteiger partial charge in [-0.1, -0.05) is 30.3 Å². The van der Waals surface area contributed by atoms with Crippen LogP contribution in [0, 0.1) is 0 Å². The molecule has 1 aromatic carbocycles. The second kappa shape index (κ2) is 5.75. The largest absolute Gasteiger partial charge is 0.476 e. The van der Waals surface area contributed by atoms with E-state index in [1.54, 1.807) is 5.38 Å². The molecule has 4 nitrogen and oxygen atoms in total. The van der Waals surface area contributed by atoms with Crippen LogP contribution in [0.15, 0.2) is 35.7 Å². The van der Waals surface area contributed by atoms with E-state index < -0.39 is 5.97 Å². The molecular formula is C13H14N2O2S. The van der Waals surface area contributed by atoms with Crippen LogP contribution in [-0.4, -0.2) is 23.1 Å². The monoisotopic (exact) mass is 262 g/mol. The lowest BCUT2D eigenvalue weighted by atomic mass is 10.1. The zero-order valence-electron chi connectivity index (χ0n) is 9.96. The van der Waals surface area contributed by atoms with E-state index in [-0.39, 0.29) is 11.7 Å². The third-order valence-electron chi connectivity index (χ3n) is 2.67. The molecule has 0 aliphatic heterocycles. The number of hydrogen-bond donors (Lipinski definition) is 2. The topological polar surface area (TPSA) is 62.2 Å².